The molecule has 2 atom stereocenters. The first-order valence-corrected chi connectivity index (χ1v) is 12.4. The second-order valence-corrected chi connectivity index (χ2v) is 9.03. The van der Waals surface area contributed by atoms with E-state index in [9.17, 15) is 4.79 Å². The molecule has 2 heterocycles. The molecule has 0 saturated carbocycles. The van der Waals surface area contributed by atoms with Crippen LogP contribution in [0.3, 0.4) is 0 Å². The summed E-state index contributed by atoms with van der Waals surface area (Å²) in [5.41, 5.74) is 8.84. The van der Waals surface area contributed by atoms with Gasteiger partial charge < -0.3 is 20.5 Å². The molecule has 0 amide bonds. The number of nitrogens with two attached hydrogens (primary N) is 1. The molecule has 0 radical (unpaired) electrons. The minimum Gasteiger partial charge on any atom is -0.491 e. The minimum atomic E-state index is -0.126. The fourth-order valence-corrected chi connectivity index (χ4v) is 4.63. The van der Waals surface area contributed by atoms with Gasteiger partial charge in [-0.1, -0.05) is 36.8 Å². The number of benzene rings is 2. The Kier molecular flexibility index (Phi) is 8.36. The number of likely N-dealkylation sites (tertiary alicyclic amines) is 1. The monoisotopic (exact) mass is 477 g/mol. The van der Waals surface area contributed by atoms with Crippen LogP contribution >= 0.6 is 0 Å². The third-order valence-corrected chi connectivity index (χ3v) is 6.60. The Bertz CT molecular complexity index is 1120. The van der Waals surface area contributed by atoms with E-state index in [1.807, 2.05) is 30.3 Å². The molecule has 2 unspecified atom stereocenters. The summed E-state index contributed by atoms with van der Waals surface area (Å²) in [4.78, 5) is 23.1. The summed E-state index contributed by atoms with van der Waals surface area (Å²) in [6, 6.07) is 14.0. The highest BCUT2D eigenvalue weighted by atomic mass is 16.5. The number of unbranched alkanes of at least 4 members (excludes halogenated alkanes) is 1. The van der Waals surface area contributed by atoms with Gasteiger partial charge >= 0.3 is 5.97 Å². The molecule has 2 aromatic carbocycles. The van der Waals surface area contributed by atoms with E-state index in [0.29, 0.717) is 18.0 Å². The molecule has 0 aliphatic carbocycles. The summed E-state index contributed by atoms with van der Waals surface area (Å²) >= 11 is 0. The Morgan fingerprint density at radius 2 is 2.03 bits per heavy atom. The summed E-state index contributed by atoms with van der Waals surface area (Å²) in [5, 5.41) is 4.33. The molecule has 3 N–H and O–H groups in total. The fraction of sp³-hybridized carbons (Fsp3) is 0.444. The Hall–Kier alpha value is -3.39. The number of carbonyl (C=O) groups excluding carboxylic acids is 1. The van der Waals surface area contributed by atoms with Gasteiger partial charge in [-0.2, -0.15) is 0 Å². The smallest absolute Gasteiger partial charge is 0.323 e. The van der Waals surface area contributed by atoms with Crippen molar-refractivity contribution in [2.75, 3.05) is 37.9 Å². The van der Waals surface area contributed by atoms with Gasteiger partial charge in [-0.05, 0) is 57.3 Å². The molecule has 186 valence electrons. The van der Waals surface area contributed by atoms with Crippen molar-refractivity contribution in [3.63, 3.8) is 0 Å². The highest BCUT2D eigenvalue weighted by Gasteiger charge is 2.28. The first kappa shape index (κ1) is 24.7. The SMILES string of the molecule is COC(=O)C1CCCCN1CCCCOc1cc2ncnc(NC(C)c3ccccc3)c2cc1N. The van der Waals surface area contributed by atoms with Gasteiger partial charge in [0, 0.05) is 17.5 Å². The minimum absolute atomic E-state index is 0.0881. The topological polar surface area (TPSA) is 103 Å². The number of anilines is 2. The molecule has 3 aromatic rings. The van der Waals surface area contributed by atoms with Crippen molar-refractivity contribution in [1.29, 1.82) is 0 Å². The number of aromatic nitrogens is 2. The molecule has 0 spiro atoms. The van der Waals surface area contributed by atoms with Gasteiger partial charge in [0.2, 0.25) is 0 Å². The Balaban J connectivity index is 1.34. The lowest BCUT2D eigenvalue weighted by molar-refractivity contribution is -0.148. The van der Waals surface area contributed by atoms with Crippen molar-refractivity contribution in [2.45, 2.75) is 51.1 Å². The van der Waals surface area contributed by atoms with Crippen molar-refractivity contribution in [3.8, 4) is 5.75 Å². The maximum atomic E-state index is 12.0. The number of esters is 1. The van der Waals surface area contributed by atoms with Crippen molar-refractivity contribution < 1.29 is 14.3 Å². The summed E-state index contributed by atoms with van der Waals surface area (Å²) in [7, 11) is 1.46. The van der Waals surface area contributed by atoms with Crippen LogP contribution in [0.25, 0.3) is 10.9 Å². The van der Waals surface area contributed by atoms with Gasteiger partial charge in [0.1, 0.15) is 23.9 Å². The lowest BCUT2D eigenvalue weighted by Gasteiger charge is -2.33. The number of ether oxygens (including phenoxy) is 2. The zero-order valence-electron chi connectivity index (χ0n) is 20.6. The van der Waals surface area contributed by atoms with Gasteiger partial charge in [-0.3, -0.25) is 9.69 Å². The summed E-state index contributed by atoms with van der Waals surface area (Å²) in [6.45, 7) is 4.45. The molecule has 8 heteroatoms. The third kappa shape index (κ3) is 6.19. The van der Waals surface area contributed by atoms with Crippen molar-refractivity contribution in [3.05, 3.63) is 54.4 Å². The number of nitrogens with one attached hydrogen (secondary N) is 1. The van der Waals surface area contributed by atoms with Gasteiger partial charge in [0.15, 0.2) is 0 Å². The van der Waals surface area contributed by atoms with Crippen molar-refractivity contribution in [1.82, 2.24) is 14.9 Å². The Morgan fingerprint density at radius 3 is 2.83 bits per heavy atom. The highest BCUT2D eigenvalue weighted by molar-refractivity contribution is 5.93. The molecular weight excluding hydrogens is 442 g/mol. The van der Waals surface area contributed by atoms with E-state index in [1.165, 1.54) is 12.7 Å². The lowest BCUT2D eigenvalue weighted by atomic mass is 10.0. The molecule has 8 nitrogen and oxygen atoms in total. The number of nitrogen functional groups attached to an aromatic ring is 1. The van der Waals surface area contributed by atoms with Crippen LogP contribution in [0.5, 0.6) is 5.75 Å². The van der Waals surface area contributed by atoms with Crippen LogP contribution in [0.4, 0.5) is 11.5 Å². The van der Waals surface area contributed by atoms with Crippen LogP contribution in [-0.4, -0.2) is 53.7 Å². The van der Waals surface area contributed by atoms with E-state index >= 15 is 0 Å². The van der Waals surface area contributed by atoms with Crippen LogP contribution in [0.2, 0.25) is 0 Å². The maximum Gasteiger partial charge on any atom is 0.323 e. The highest BCUT2D eigenvalue weighted by Crippen LogP contribution is 2.31. The molecule has 1 aliphatic heterocycles. The molecule has 4 rings (SSSR count). The van der Waals surface area contributed by atoms with Crippen molar-refractivity contribution in [2.24, 2.45) is 0 Å². The first-order valence-electron chi connectivity index (χ1n) is 12.4. The molecule has 35 heavy (non-hydrogen) atoms. The molecular formula is C27H35N5O3. The Labute approximate surface area is 206 Å². The number of hydrogen-bond donors (Lipinski definition) is 2. The number of rotatable bonds is 10. The third-order valence-electron chi connectivity index (χ3n) is 6.60. The average Bonchev–Trinajstić information content (AvgIpc) is 2.89. The van der Waals surface area contributed by atoms with E-state index in [1.54, 1.807) is 6.33 Å². The molecule has 1 saturated heterocycles. The largest absolute Gasteiger partial charge is 0.491 e. The first-order chi connectivity index (χ1) is 17.1. The molecule has 1 aliphatic rings. The van der Waals surface area contributed by atoms with E-state index in [-0.39, 0.29) is 18.1 Å². The van der Waals surface area contributed by atoms with Crippen LogP contribution in [-0.2, 0) is 9.53 Å². The zero-order chi connectivity index (χ0) is 24.6. The van der Waals surface area contributed by atoms with Crippen LogP contribution in [0.15, 0.2) is 48.8 Å². The van der Waals surface area contributed by atoms with Crippen LogP contribution in [0.1, 0.15) is 50.6 Å². The van der Waals surface area contributed by atoms with Crippen LogP contribution in [0, 0.1) is 0 Å². The number of hydrogen-bond acceptors (Lipinski definition) is 8. The zero-order valence-corrected chi connectivity index (χ0v) is 20.6. The van der Waals surface area contributed by atoms with E-state index in [4.69, 9.17) is 15.2 Å². The van der Waals surface area contributed by atoms with E-state index in [0.717, 1.165) is 61.9 Å². The normalized spacial score (nSPS) is 17.1. The lowest BCUT2D eigenvalue weighted by Crippen LogP contribution is -2.45. The van der Waals surface area contributed by atoms with E-state index in [2.05, 4.69) is 39.2 Å². The predicted octanol–water partition coefficient (Wildman–Crippen LogP) is 4.57. The second kappa shape index (κ2) is 11.8. The summed E-state index contributed by atoms with van der Waals surface area (Å²) in [5.74, 6) is 1.24. The van der Waals surface area contributed by atoms with Gasteiger partial charge in [0.25, 0.3) is 0 Å². The number of piperidine rings is 1. The number of nitrogens with zero attached hydrogens (tertiary/aromatic N) is 3. The van der Waals surface area contributed by atoms with Crippen molar-refractivity contribution >= 4 is 28.4 Å². The standard InChI is InChI=1S/C27H35N5O3/c1-19(20-10-4-3-5-11-20)31-26-21-16-22(28)25(17-23(21)29-18-30-26)35-15-9-8-14-32-13-7-6-12-24(32)27(33)34-2/h3-5,10-11,16-19,24H,6-9,12-15,28H2,1-2H3,(H,29,30,31). The number of fused-ring (bicyclic) bond motifs is 1. The maximum absolute atomic E-state index is 12.0. The summed E-state index contributed by atoms with van der Waals surface area (Å²) in [6.07, 6.45) is 6.44. The van der Waals surface area contributed by atoms with Gasteiger partial charge in [-0.25, -0.2) is 9.97 Å². The summed E-state index contributed by atoms with van der Waals surface area (Å²) < 4.78 is 11.0. The second-order valence-electron chi connectivity index (χ2n) is 9.03. The average molecular weight is 478 g/mol. The van der Waals surface area contributed by atoms with Gasteiger partial charge in [-0.15, -0.1) is 0 Å². The van der Waals surface area contributed by atoms with Crippen LogP contribution < -0.4 is 15.8 Å². The number of carbonyl (C=O) groups is 1. The Morgan fingerprint density at radius 1 is 1.20 bits per heavy atom. The number of methoxy groups -OCH3 is 1. The molecule has 1 fully saturated rings. The molecule has 0 bridgehead atoms. The predicted molar refractivity (Wildman–Crippen MR) is 138 cm³/mol. The molecule has 1 aromatic heterocycles. The quantitative estimate of drug-likeness (QED) is 0.249. The van der Waals surface area contributed by atoms with Gasteiger partial charge in [0.05, 0.1) is 24.9 Å². The van der Waals surface area contributed by atoms with E-state index < -0.39 is 0 Å². The fourth-order valence-electron chi connectivity index (χ4n) is 4.63.